The maximum atomic E-state index is 10.6. The van der Waals surface area contributed by atoms with Crippen LogP contribution in [0.15, 0.2) is 36.8 Å². The number of rotatable bonds is 5. The Hall–Kier alpha value is -3.20. The molecule has 1 unspecified atom stereocenters. The first kappa shape index (κ1) is 31.0. The zero-order chi connectivity index (χ0) is 28.3. The summed E-state index contributed by atoms with van der Waals surface area (Å²) < 4.78 is 71.8. The zero-order valence-corrected chi connectivity index (χ0v) is 20.2. The smallest absolute Gasteiger partial charge is 0.475 e. The number of pyridine rings is 1. The van der Waals surface area contributed by atoms with Crippen LogP contribution in [-0.2, 0) is 34.0 Å². The fraction of sp³-hybridized carbons (Fsp3) is 0.565. The van der Waals surface area contributed by atoms with Crippen LogP contribution in [0.2, 0.25) is 0 Å². The van der Waals surface area contributed by atoms with E-state index in [4.69, 9.17) is 24.5 Å². The molecule has 2 aromatic rings. The van der Waals surface area contributed by atoms with Gasteiger partial charge in [-0.15, -0.1) is 0 Å². The summed E-state index contributed by atoms with van der Waals surface area (Å²) in [5, 5.41) is 18.7. The van der Waals surface area contributed by atoms with Crippen molar-refractivity contribution in [2.45, 2.75) is 63.8 Å². The molecule has 1 atom stereocenters. The number of nitrogens with zero attached hydrogens (tertiary/aromatic N) is 4. The summed E-state index contributed by atoms with van der Waals surface area (Å²) in [5.41, 5.74) is 2.49. The predicted octanol–water partition coefficient (Wildman–Crippen LogP) is 4.14. The first-order valence-corrected chi connectivity index (χ1v) is 11.6. The van der Waals surface area contributed by atoms with Gasteiger partial charge in [-0.25, -0.2) is 9.59 Å². The minimum absolute atomic E-state index is 0.181. The average Bonchev–Trinajstić information content (AvgIpc) is 3.47. The van der Waals surface area contributed by atoms with Gasteiger partial charge in [-0.2, -0.15) is 31.4 Å². The number of aromatic nitrogens is 3. The minimum atomic E-state index is -5.08. The number of alkyl halides is 6. The van der Waals surface area contributed by atoms with Crippen molar-refractivity contribution in [3.05, 3.63) is 48.0 Å². The molecule has 4 rings (SSSR count). The highest BCUT2D eigenvalue weighted by Crippen LogP contribution is 2.27. The van der Waals surface area contributed by atoms with Gasteiger partial charge in [0, 0.05) is 38.2 Å². The summed E-state index contributed by atoms with van der Waals surface area (Å²) in [5.74, 6) is -4.65. The summed E-state index contributed by atoms with van der Waals surface area (Å²) in [6.07, 6.45) is 1.15. The molecule has 9 nitrogen and oxygen atoms in total. The number of carboxylic acids is 2. The van der Waals surface area contributed by atoms with E-state index >= 15 is 0 Å². The molecule has 1 aliphatic heterocycles. The van der Waals surface area contributed by atoms with E-state index in [2.05, 4.69) is 25.7 Å². The molecule has 0 saturated heterocycles. The summed E-state index contributed by atoms with van der Waals surface area (Å²) in [6.45, 7) is 4.66. The molecule has 1 fully saturated rings. The third-order valence-electron chi connectivity index (χ3n) is 5.74. The standard InChI is InChI=1S/C19H26N4O.2C2HF3O2/c1-2-4-16(3-1)11-22-12-18-7-10-21-23(18)14-19(13-22)24-15-17-5-8-20-9-6-17;2*3-2(4,5)1(6)7/h5-10,16,19H,1-4,11-15H2;2*(H,6,7). The highest BCUT2D eigenvalue weighted by molar-refractivity contribution is 5.73. The number of hydrogen-bond acceptors (Lipinski definition) is 6. The van der Waals surface area contributed by atoms with Crippen LogP contribution in [0, 0.1) is 5.92 Å². The minimum Gasteiger partial charge on any atom is -0.475 e. The molecule has 3 heterocycles. The highest BCUT2D eigenvalue weighted by atomic mass is 19.4. The van der Waals surface area contributed by atoms with E-state index in [0.717, 1.165) is 25.6 Å². The number of carbonyl (C=O) groups is 2. The van der Waals surface area contributed by atoms with Gasteiger partial charge in [0.2, 0.25) is 0 Å². The molecule has 0 radical (unpaired) electrons. The van der Waals surface area contributed by atoms with Gasteiger partial charge in [0.1, 0.15) is 0 Å². The van der Waals surface area contributed by atoms with Gasteiger partial charge in [0.25, 0.3) is 0 Å². The van der Waals surface area contributed by atoms with Gasteiger partial charge < -0.3 is 14.9 Å². The third kappa shape index (κ3) is 11.0. The fourth-order valence-corrected chi connectivity index (χ4v) is 3.99. The summed E-state index contributed by atoms with van der Waals surface area (Å²) >= 11 is 0. The van der Waals surface area contributed by atoms with Crippen molar-refractivity contribution >= 4 is 11.9 Å². The predicted molar refractivity (Wildman–Crippen MR) is 120 cm³/mol. The lowest BCUT2D eigenvalue weighted by molar-refractivity contribution is -0.193. The molecular weight excluding hydrogens is 526 g/mol. The first-order valence-electron chi connectivity index (χ1n) is 11.6. The lowest BCUT2D eigenvalue weighted by Crippen LogP contribution is -2.35. The van der Waals surface area contributed by atoms with E-state index in [1.165, 1.54) is 43.5 Å². The molecule has 2 aromatic heterocycles. The van der Waals surface area contributed by atoms with Crippen LogP contribution in [-0.4, -0.2) is 73.4 Å². The third-order valence-corrected chi connectivity index (χ3v) is 5.74. The lowest BCUT2D eigenvalue weighted by Gasteiger charge is -2.26. The topological polar surface area (TPSA) is 118 Å². The molecule has 0 aromatic carbocycles. The molecule has 212 valence electrons. The Bertz CT molecular complexity index is 986. The first-order chi connectivity index (χ1) is 17.8. The number of aliphatic carboxylic acids is 2. The van der Waals surface area contributed by atoms with Crippen LogP contribution in [0.25, 0.3) is 0 Å². The Labute approximate surface area is 214 Å². The van der Waals surface area contributed by atoms with Gasteiger partial charge in [0.05, 0.1) is 24.9 Å². The second-order valence-corrected chi connectivity index (χ2v) is 8.74. The van der Waals surface area contributed by atoms with Crippen molar-refractivity contribution in [3.63, 3.8) is 0 Å². The van der Waals surface area contributed by atoms with Gasteiger partial charge in [-0.1, -0.05) is 12.8 Å². The molecule has 0 amide bonds. The number of hydrogen-bond donors (Lipinski definition) is 2. The van der Waals surface area contributed by atoms with Crippen molar-refractivity contribution in [3.8, 4) is 0 Å². The molecule has 2 N–H and O–H groups in total. The quantitative estimate of drug-likeness (QED) is 0.530. The Morgan fingerprint density at radius 3 is 2.00 bits per heavy atom. The van der Waals surface area contributed by atoms with Crippen LogP contribution in [0.5, 0.6) is 0 Å². The molecule has 38 heavy (non-hydrogen) atoms. The van der Waals surface area contributed by atoms with Crippen LogP contribution >= 0.6 is 0 Å². The number of halogens is 6. The molecule has 0 spiro atoms. The van der Waals surface area contributed by atoms with Crippen LogP contribution < -0.4 is 0 Å². The van der Waals surface area contributed by atoms with Gasteiger partial charge >= 0.3 is 24.3 Å². The highest BCUT2D eigenvalue weighted by Gasteiger charge is 2.38. The average molecular weight is 554 g/mol. The normalized spacial score (nSPS) is 18.3. The summed E-state index contributed by atoms with van der Waals surface area (Å²) in [7, 11) is 0. The molecule has 0 bridgehead atoms. The van der Waals surface area contributed by atoms with Crippen molar-refractivity contribution in [2.75, 3.05) is 13.1 Å². The largest absolute Gasteiger partial charge is 0.490 e. The van der Waals surface area contributed by atoms with E-state index in [0.29, 0.717) is 6.61 Å². The van der Waals surface area contributed by atoms with E-state index in [1.807, 2.05) is 30.7 Å². The maximum Gasteiger partial charge on any atom is 0.490 e. The van der Waals surface area contributed by atoms with E-state index in [-0.39, 0.29) is 6.10 Å². The zero-order valence-electron chi connectivity index (χ0n) is 20.2. The summed E-state index contributed by atoms with van der Waals surface area (Å²) in [6, 6.07) is 6.19. The number of ether oxygens (including phenoxy) is 1. The van der Waals surface area contributed by atoms with Crippen LogP contribution in [0.1, 0.15) is 36.9 Å². The van der Waals surface area contributed by atoms with Crippen molar-refractivity contribution in [1.82, 2.24) is 19.7 Å². The molecule has 2 aliphatic rings. The van der Waals surface area contributed by atoms with Crippen LogP contribution in [0.4, 0.5) is 26.3 Å². The second kappa shape index (κ2) is 14.1. The maximum absolute atomic E-state index is 10.6. The number of carboxylic acid groups (broad SMARTS) is 2. The van der Waals surface area contributed by atoms with Gasteiger partial charge in [-0.3, -0.25) is 14.6 Å². The van der Waals surface area contributed by atoms with Crippen molar-refractivity contribution in [1.29, 1.82) is 0 Å². The van der Waals surface area contributed by atoms with E-state index < -0.39 is 24.3 Å². The molecular formula is C23H28F6N4O5. The number of fused-ring (bicyclic) bond motifs is 1. The van der Waals surface area contributed by atoms with Crippen LogP contribution in [0.3, 0.4) is 0 Å². The SMILES string of the molecule is O=C(O)C(F)(F)F.O=C(O)C(F)(F)F.c1cc(COC2CN(CC3CCCC3)Cc3ccnn3C2)ccn1. The van der Waals surface area contributed by atoms with E-state index in [1.54, 1.807) is 0 Å². The Kier molecular flexibility index (Phi) is 11.5. The van der Waals surface area contributed by atoms with Gasteiger partial charge in [0.15, 0.2) is 0 Å². The molecule has 1 saturated carbocycles. The lowest BCUT2D eigenvalue weighted by atomic mass is 10.1. The second-order valence-electron chi connectivity index (χ2n) is 8.74. The fourth-order valence-electron chi connectivity index (χ4n) is 3.99. The Morgan fingerprint density at radius 2 is 1.47 bits per heavy atom. The van der Waals surface area contributed by atoms with E-state index in [9.17, 15) is 26.3 Å². The monoisotopic (exact) mass is 554 g/mol. The van der Waals surface area contributed by atoms with Crippen molar-refractivity contribution < 1.29 is 50.9 Å². The Balaban J connectivity index is 0.000000301. The Morgan fingerprint density at radius 1 is 0.921 bits per heavy atom. The van der Waals surface area contributed by atoms with Gasteiger partial charge in [-0.05, 0) is 42.5 Å². The molecule has 1 aliphatic carbocycles. The molecule has 15 heteroatoms. The van der Waals surface area contributed by atoms with Crippen molar-refractivity contribution in [2.24, 2.45) is 5.92 Å². The summed E-state index contributed by atoms with van der Waals surface area (Å²) in [4.78, 5) is 24.4.